The van der Waals surface area contributed by atoms with Crippen LogP contribution < -0.4 is 0 Å². The molecule has 3 fully saturated rings. The van der Waals surface area contributed by atoms with Crippen molar-refractivity contribution in [1.82, 2.24) is 48.8 Å². The van der Waals surface area contributed by atoms with Crippen molar-refractivity contribution in [2.24, 2.45) is 17.8 Å². The van der Waals surface area contributed by atoms with Gasteiger partial charge in [-0.05, 0) is 303 Å². The van der Waals surface area contributed by atoms with Gasteiger partial charge in [-0.1, -0.05) is 53.0 Å². The van der Waals surface area contributed by atoms with Crippen molar-refractivity contribution in [3.8, 4) is 0 Å². The molecule has 0 N–H and O–H groups in total. The van der Waals surface area contributed by atoms with Crippen LogP contribution in [0.5, 0.6) is 0 Å². The number of aryl methyl sites for hydroxylation is 2. The molecule has 17 nitrogen and oxygen atoms in total. The molecule has 0 saturated carbocycles. The van der Waals surface area contributed by atoms with Gasteiger partial charge in [-0.25, -0.2) is 24.4 Å². The van der Waals surface area contributed by atoms with Gasteiger partial charge < -0.3 is 42.8 Å². The summed E-state index contributed by atoms with van der Waals surface area (Å²) in [5.74, 6) is 3.21. The largest absolute Gasteiger partial charge is 0.444 e. The molecule has 14 rings (SSSR count). The van der Waals surface area contributed by atoms with Crippen LogP contribution in [-0.4, -0.2) is 137 Å². The molecule has 0 radical (unpaired) electrons. The topological polar surface area (TPSA) is 172 Å². The van der Waals surface area contributed by atoms with Crippen LogP contribution in [0.15, 0.2) is 130 Å². The highest BCUT2D eigenvalue weighted by Crippen LogP contribution is 2.50. The van der Waals surface area contributed by atoms with E-state index in [4.69, 9.17) is 68.7 Å². The molecular formula is C84H94Br3Cl3N10O7. The standard InChI is InChI=1S/2C29H32BrClN4O2.C26H30BrClN2O3/c2*1-18-32-9-12-35(18)17-21-13-20-14-23(31)5-6-24(20)26(27-25(21)15-22(30)16-33-27)19-7-10-34(11-8-19)28(36)37-29(2,3)4;1-26(2,3)33-25(31)30-9-7-16(8-10-30)23-21-6-5-20(28)12-17(21)11-18(15-32-4)22-13-19(27)14-29-24(22)23/h2*5-6,9,12-16,19,26H,7-8,10-11,17H2,1-4H3;5-6,11-14,16,23H,7-10,15H2,1-4H3. The number of hydrogen-bond acceptors (Lipinski definition) is 12. The number of carbonyl (C=O) groups excluding carboxylic acids is 3. The number of carbonyl (C=O) groups is 3. The Kier molecular flexibility index (Phi) is 24.9. The predicted molar refractivity (Wildman–Crippen MR) is 437 cm³/mol. The van der Waals surface area contributed by atoms with Gasteiger partial charge >= 0.3 is 18.3 Å². The molecule has 3 amide bonds. The second-order valence-electron chi connectivity index (χ2n) is 31.6. The van der Waals surface area contributed by atoms with Gasteiger partial charge in [-0.15, -0.1) is 0 Å². The maximum Gasteiger partial charge on any atom is 0.410 e. The highest BCUT2D eigenvalue weighted by atomic mass is 79.9. The first-order valence-corrected chi connectivity index (χ1v) is 40.2. The van der Waals surface area contributed by atoms with Crippen LogP contribution in [0.4, 0.5) is 14.4 Å². The van der Waals surface area contributed by atoms with Crippen molar-refractivity contribution in [2.75, 3.05) is 53.0 Å². The van der Waals surface area contributed by atoms with E-state index in [1.165, 1.54) is 27.8 Å². The van der Waals surface area contributed by atoms with Crippen LogP contribution in [0, 0.1) is 31.6 Å². The molecule has 3 saturated heterocycles. The molecule has 3 aromatic carbocycles. The Morgan fingerprint density at radius 1 is 0.439 bits per heavy atom. The maximum absolute atomic E-state index is 12.7. The van der Waals surface area contributed by atoms with E-state index in [0.717, 1.165) is 120 Å². The molecule has 564 valence electrons. The fraction of sp³-hybridized carbons (Fsp3) is 0.429. The fourth-order valence-corrected chi connectivity index (χ4v) is 17.2. The highest BCUT2D eigenvalue weighted by molar-refractivity contribution is 9.11. The number of aromatic nitrogens is 7. The molecule has 3 aliphatic heterocycles. The van der Waals surface area contributed by atoms with Crippen molar-refractivity contribution in [2.45, 2.75) is 162 Å². The lowest BCUT2D eigenvalue weighted by atomic mass is 9.76. The number of methoxy groups -OCH3 is 1. The van der Waals surface area contributed by atoms with Crippen LogP contribution in [-0.2, 0) is 32.0 Å². The number of halogens is 6. The summed E-state index contributed by atoms with van der Waals surface area (Å²) in [7, 11) is 1.71. The summed E-state index contributed by atoms with van der Waals surface area (Å²) in [5.41, 5.74) is 15.5. The smallest absolute Gasteiger partial charge is 0.410 e. The van der Waals surface area contributed by atoms with Gasteiger partial charge in [-0.3, -0.25) is 15.0 Å². The number of likely N-dealkylation sites (tertiary alicyclic amines) is 3. The van der Waals surface area contributed by atoms with E-state index in [9.17, 15) is 14.4 Å². The van der Waals surface area contributed by atoms with E-state index >= 15 is 0 Å². The SMILES string of the molecule is COCC1=Cc2cc(Cl)ccc2C(C2CCN(C(=O)OC(C)(C)C)CC2)c2ncc(Br)cc21.Cc1nccn1CC1=Cc2cc(Cl)ccc2C(C2CCN(C(=O)OC(C)(C)C)CC2)c2ncc(Br)cc21.Cc1nccn1CC1=Cc2cc(Cl)ccc2C(C2CCN(C(=O)OC(C)(C)C)CC2)c2ncc(Br)cc21. The quantitative estimate of drug-likeness (QED) is 0.125. The normalized spacial score (nSPS) is 18.3. The number of benzene rings is 3. The first-order valence-electron chi connectivity index (χ1n) is 36.7. The number of fused-ring (bicyclic) bond motifs is 6. The number of ether oxygens (including phenoxy) is 4. The molecule has 107 heavy (non-hydrogen) atoms. The minimum atomic E-state index is -0.501. The Bertz CT molecular complexity index is 4490. The van der Waals surface area contributed by atoms with E-state index in [-0.39, 0.29) is 36.0 Å². The lowest BCUT2D eigenvalue weighted by Crippen LogP contribution is -2.42. The zero-order valence-corrected chi connectivity index (χ0v) is 69.9. The van der Waals surface area contributed by atoms with Crippen LogP contribution in [0.1, 0.15) is 197 Å². The molecule has 3 aliphatic carbocycles. The molecule has 23 heteroatoms. The number of pyridine rings is 3. The fourth-order valence-electron chi connectivity index (χ4n) is 15.7. The molecule has 0 bridgehead atoms. The lowest BCUT2D eigenvalue weighted by Gasteiger charge is -2.37. The van der Waals surface area contributed by atoms with Crippen LogP contribution in [0.2, 0.25) is 15.1 Å². The Hall–Kier alpha value is -7.17. The van der Waals surface area contributed by atoms with Crippen molar-refractivity contribution in [3.63, 3.8) is 0 Å². The third-order valence-electron chi connectivity index (χ3n) is 20.5. The minimum Gasteiger partial charge on any atom is -0.444 e. The molecule has 0 spiro atoms. The maximum atomic E-state index is 12.7. The molecule has 3 unspecified atom stereocenters. The summed E-state index contributed by atoms with van der Waals surface area (Å²) < 4.78 is 29.5. The molecule has 8 aromatic rings. The van der Waals surface area contributed by atoms with Crippen molar-refractivity contribution in [3.05, 3.63) is 223 Å². The summed E-state index contributed by atoms with van der Waals surface area (Å²) >= 11 is 30.3. The minimum absolute atomic E-state index is 0.0915. The summed E-state index contributed by atoms with van der Waals surface area (Å²) in [6.07, 6.45) is 24.6. The van der Waals surface area contributed by atoms with Crippen LogP contribution in [0.3, 0.4) is 0 Å². The van der Waals surface area contributed by atoms with Crippen molar-refractivity contribution < 1.29 is 33.3 Å². The Morgan fingerprint density at radius 2 is 0.729 bits per heavy atom. The molecule has 3 atom stereocenters. The van der Waals surface area contributed by atoms with Crippen LogP contribution >= 0.6 is 82.6 Å². The highest BCUT2D eigenvalue weighted by Gasteiger charge is 2.41. The Morgan fingerprint density at radius 3 is 1.00 bits per heavy atom. The number of imidazole rings is 2. The van der Waals surface area contributed by atoms with E-state index in [1.54, 1.807) is 7.11 Å². The first-order chi connectivity index (χ1) is 50.8. The van der Waals surface area contributed by atoms with E-state index in [0.29, 0.717) is 91.8 Å². The van der Waals surface area contributed by atoms with E-state index in [1.807, 2.05) is 159 Å². The Balaban J connectivity index is 0.000000150. The van der Waals surface area contributed by atoms with Gasteiger partial charge in [0.1, 0.15) is 28.5 Å². The van der Waals surface area contributed by atoms with Crippen molar-refractivity contribution in [1.29, 1.82) is 0 Å². The second kappa shape index (κ2) is 33.6. The van der Waals surface area contributed by atoms with Gasteiger partial charge in [0.2, 0.25) is 0 Å². The molecule has 5 aromatic heterocycles. The Labute approximate surface area is 669 Å². The first kappa shape index (κ1) is 79.4. The average molecular weight is 1700 g/mol. The number of allylic oxidation sites excluding steroid dienone is 2. The number of hydrogen-bond donors (Lipinski definition) is 0. The van der Waals surface area contributed by atoms with Gasteiger partial charge in [0.05, 0.1) is 23.7 Å². The second-order valence-corrected chi connectivity index (χ2v) is 35.6. The molecular weight excluding hydrogens is 1610 g/mol. The third kappa shape index (κ3) is 19.4. The van der Waals surface area contributed by atoms with Crippen molar-refractivity contribution >= 4 is 136 Å². The number of piperidine rings is 3. The van der Waals surface area contributed by atoms with Gasteiger partial charge in [0.25, 0.3) is 0 Å². The molecule has 8 heterocycles. The summed E-state index contributed by atoms with van der Waals surface area (Å²) in [6, 6.07) is 25.0. The van der Waals surface area contributed by atoms with Crippen LogP contribution in [0.25, 0.3) is 34.9 Å². The summed E-state index contributed by atoms with van der Waals surface area (Å²) in [6.45, 7) is 27.0. The number of nitrogens with zero attached hydrogens (tertiary/aromatic N) is 10. The average Bonchev–Trinajstić information content (AvgIpc) is 1.67. The zero-order chi connectivity index (χ0) is 76.4. The van der Waals surface area contributed by atoms with Gasteiger partial charge in [0.15, 0.2) is 0 Å². The van der Waals surface area contributed by atoms with Gasteiger partial charge in [-0.2, -0.15) is 0 Å². The monoisotopic (exact) mass is 1700 g/mol. The number of amides is 3. The van der Waals surface area contributed by atoms with E-state index in [2.05, 4.69) is 134 Å². The predicted octanol–water partition coefficient (Wildman–Crippen LogP) is 21.4. The van der Waals surface area contributed by atoms with Gasteiger partial charge in [0, 0.05) is 166 Å². The number of rotatable bonds is 9. The summed E-state index contributed by atoms with van der Waals surface area (Å²) in [4.78, 5) is 67.3. The third-order valence-corrected chi connectivity index (χ3v) is 22.5. The zero-order valence-electron chi connectivity index (χ0n) is 62.9. The lowest BCUT2D eigenvalue weighted by molar-refractivity contribution is 0.0167. The summed E-state index contributed by atoms with van der Waals surface area (Å²) in [5, 5.41) is 2.14. The van der Waals surface area contributed by atoms with E-state index < -0.39 is 16.8 Å². The molecule has 6 aliphatic rings.